The highest BCUT2D eigenvalue weighted by molar-refractivity contribution is 5.75. The van der Waals surface area contributed by atoms with Crippen LogP contribution < -0.4 is 5.32 Å². The lowest BCUT2D eigenvalue weighted by molar-refractivity contribution is 0.758. The molecule has 2 aromatic rings. The van der Waals surface area contributed by atoms with Crippen LogP contribution in [0.3, 0.4) is 0 Å². The summed E-state index contributed by atoms with van der Waals surface area (Å²) in [6, 6.07) is 6.16. The summed E-state index contributed by atoms with van der Waals surface area (Å²) in [4.78, 5) is 8.70. The van der Waals surface area contributed by atoms with Gasteiger partial charge in [-0.3, -0.25) is 0 Å². The van der Waals surface area contributed by atoms with Crippen molar-refractivity contribution in [3.05, 3.63) is 35.7 Å². The predicted octanol–water partition coefficient (Wildman–Crippen LogP) is 1.23. The van der Waals surface area contributed by atoms with E-state index in [-0.39, 0.29) is 0 Å². The molecule has 1 aliphatic rings. The highest BCUT2D eigenvalue weighted by Gasteiger charge is 2.12. The molecule has 3 heteroatoms. The molecule has 0 spiro atoms. The van der Waals surface area contributed by atoms with E-state index in [9.17, 15) is 0 Å². The van der Waals surface area contributed by atoms with Crippen molar-refractivity contribution in [1.82, 2.24) is 15.3 Å². The van der Waals surface area contributed by atoms with Gasteiger partial charge in [0.15, 0.2) is 5.65 Å². The summed E-state index contributed by atoms with van der Waals surface area (Å²) < 4.78 is 0. The SMILES string of the molecule is c1cnc2nc3c(cc2c1)CNC3. The highest BCUT2D eigenvalue weighted by Crippen LogP contribution is 2.18. The van der Waals surface area contributed by atoms with Crippen molar-refractivity contribution < 1.29 is 0 Å². The molecule has 3 rings (SSSR count). The summed E-state index contributed by atoms with van der Waals surface area (Å²) in [5, 5.41) is 4.40. The van der Waals surface area contributed by atoms with E-state index in [0.717, 1.165) is 29.8 Å². The first kappa shape index (κ1) is 6.97. The normalized spacial score (nSPS) is 14.8. The van der Waals surface area contributed by atoms with Gasteiger partial charge in [-0.1, -0.05) is 0 Å². The molecule has 0 aromatic carbocycles. The first-order valence-corrected chi connectivity index (χ1v) is 4.38. The first-order chi connectivity index (χ1) is 6.43. The third-order valence-electron chi connectivity index (χ3n) is 2.37. The van der Waals surface area contributed by atoms with E-state index in [1.807, 2.05) is 12.1 Å². The van der Waals surface area contributed by atoms with Crippen LogP contribution in [0.1, 0.15) is 11.3 Å². The molecule has 0 amide bonds. The zero-order valence-corrected chi connectivity index (χ0v) is 7.12. The van der Waals surface area contributed by atoms with Crippen LogP contribution in [0.5, 0.6) is 0 Å². The van der Waals surface area contributed by atoms with Crippen molar-refractivity contribution in [1.29, 1.82) is 0 Å². The number of fused-ring (bicyclic) bond motifs is 2. The van der Waals surface area contributed by atoms with Crippen molar-refractivity contribution >= 4 is 11.0 Å². The molecule has 1 N–H and O–H groups in total. The maximum atomic E-state index is 4.48. The van der Waals surface area contributed by atoms with Crippen LogP contribution in [-0.2, 0) is 13.1 Å². The Hall–Kier alpha value is -1.48. The van der Waals surface area contributed by atoms with Crippen LogP contribution in [0.2, 0.25) is 0 Å². The van der Waals surface area contributed by atoms with E-state index in [0.29, 0.717) is 0 Å². The lowest BCUT2D eigenvalue weighted by atomic mass is 10.2. The van der Waals surface area contributed by atoms with Crippen LogP contribution in [0.15, 0.2) is 24.4 Å². The minimum absolute atomic E-state index is 0.852. The van der Waals surface area contributed by atoms with Gasteiger partial charge in [-0.25, -0.2) is 9.97 Å². The second kappa shape index (κ2) is 2.50. The van der Waals surface area contributed by atoms with Gasteiger partial charge in [-0.2, -0.15) is 0 Å². The molecule has 13 heavy (non-hydrogen) atoms. The molecule has 64 valence electrons. The van der Waals surface area contributed by atoms with Gasteiger partial charge in [0.2, 0.25) is 0 Å². The largest absolute Gasteiger partial charge is 0.307 e. The average Bonchev–Trinajstić information content (AvgIpc) is 2.61. The van der Waals surface area contributed by atoms with Gasteiger partial charge < -0.3 is 5.32 Å². The zero-order chi connectivity index (χ0) is 8.67. The van der Waals surface area contributed by atoms with E-state index < -0.39 is 0 Å². The summed E-state index contributed by atoms with van der Waals surface area (Å²) in [6.07, 6.45) is 1.78. The van der Waals surface area contributed by atoms with E-state index in [4.69, 9.17) is 0 Å². The second-order valence-corrected chi connectivity index (χ2v) is 3.25. The van der Waals surface area contributed by atoms with Crippen LogP contribution in [-0.4, -0.2) is 9.97 Å². The molecule has 0 radical (unpaired) electrons. The summed E-state index contributed by atoms with van der Waals surface area (Å²) >= 11 is 0. The van der Waals surface area contributed by atoms with Crippen molar-refractivity contribution in [2.45, 2.75) is 13.1 Å². The van der Waals surface area contributed by atoms with Gasteiger partial charge in [0.05, 0.1) is 5.69 Å². The standard InChI is InChI=1S/C10H9N3/c1-2-7-4-8-5-11-6-9(8)13-10(7)12-3-1/h1-4,11H,5-6H2. The maximum Gasteiger partial charge on any atom is 0.159 e. The lowest BCUT2D eigenvalue weighted by Crippen LogP contribution is -2.00. The number of nitrogens with one attached hydrogen (secondary N) is 1. The molecule has 0 saturated carbocycles. The van der Waals surface area contributed by atoms with Gasteiger partial charge in [0, 0.05) is 24.7 Å². The lowest BCUT2D eigenvalue weighted by Gasteiger charge is -1.99. The molecular formula is C10H9N3. The number of aromatic nitrogens is 2. The number of nitrogens with zero attached hydrogens (tertiary/aromatic N) is 2. The fraction of sp³-hybridized carbons (Fsp3) is 0.200. The summed E-state index contributed by atoms with van der Waals surface area (Å²) in [5.41, 5.74) is 3.30. The summed E-state index contributed by atoms with van der Waals surface area (Å²) in [7, 11) is 0. The van der Waals surface area contributed by atoms with Gasteiger partial charge >= 0.3 is 0 Å². The van der Waals surface area contributed by atoms with Gasteiger partial charge in [0.25, 0.3) is 0 Å². The average molecular weight is 171 g/mol. The predicted molar refractivity (Wildman–Crippen MR) is 50.1 cm³/mol. The Morgan fingerprint density at radius 2 is 2.31 bits per heavy atom. The monoisotopic (exact) mass is 171 g/mol. The Morgan fingerprint density at radius 3 is 3.31 bits per heavy atom. The third kappa shape index (κ3) is 1.01. The minimum Gasteiger partial charge on any atom is -0.307 e. The van der Waals surface area contributed by atoms with Crippen molar-refractivity contribution in [2.75, 3.05) is 0 Å². The molecule has 3 nitrogen and oxygen atoms in total. The molecule has 1 aliphatic heterocycles. The van der Waals surface area contributed by atoms with Gasteiger partial charge in [0.1, 0.15) is 0 Å². The number of hydrogen-bond donors (Lipinski definition) is 1. The smallest absolute Gasteiger partial charge is 0.159 e. The van der Waals surface area contributed by atoms with Gasteiger partial charge in [-0.05, 0) is 23.8 Å². The van der Waals surface area contributed by atoms with E-state index in [2.05, 4.69) is 21.4 Å². The first-order valence-electron chi connectivity index (χ1n) is 4.38. The Morgan fingerprint density at radius 1 is 1.31 bits per heavy atom. The summed E-state index contributed by atoms with van der Waals surface area (Å²) in [5.74, 6) is 0. The van der Waals surface area contributed by atoms with E-state index in [1.165, 1.54) is 5.56 Å². The minimum atomic E-state index is 0.852. The number of hydrogen-bond acceptors (Lipinski definition) is 3. The maximum absolute atomic E-state index is 4.48. The quantitative estimate of drug-likeness (QED) is 0.648. The Kier molecular flexibility index (Phi) is 1.34. The molecule has 0 bridgehead atoms. The molecule has 0 unspecified atom stereocenters. The van der Waals surface area contributed by atoms with Gasteiger partial charge in [-0.15, -0.1) is 0 Å². The molecule has 0 saturated heterocycles. The Labute approximate surface area is 75.8 Å². The Bertz CT molecular complexity index is 422. The molecule has 0 atom stereocenters. The topological polar surface area (TPSA) is 37.8 Å². The summed E-state index contributed by atoms with van der Waals surface area (Å²) in [6.45, 7) is 1.81. The fourth-order valence-corrected chi connectivity index (χ4v) is 1.71. The number of pyridine rings is 2. The van der Waals surface area contributed by atoms with Crippen LogP contribution >= 0.6 is 0 Å². The Balaban J connectivity index is 2.36. The molecule has 0 aliphatic carbocycles. The molecule has 3 heterocycles. The van der Waals surface area contributed by atoms with E-state index >= 15 is 0 Å². The molecule has 2 aromatic heterocycles. The van der Waals surface area contributed by atoms with Crippen molar-refractivity contribution in [3.63, 3.8) is 0 Å². The molecular weight excluding hydrogens is 162 g/mol. The van der Waals surface area contributed by atoms with Crippen molar-refractivity contribution in [2.24, 2.45) is 0 Å². The van der Waals surface area contributed by atoms with Crippen LogP contribution in [0.25, 0.3) is 11.0 Å². The zero-order valence-electron chi connectivity index (χ0n) is 7.12. The number of rotatable bonds is 0. The highest BCUT2D eigenvalue weighted by atomic mass is 15.0. The van der Waals surface area contributed by atoms with Crippen molar-refractivity contribution in [3.8, 4) is 0 Å². The second-order valence-electron chi connectivity index (χ2n) is 3.25. The third-order valence-corrected chi connectivity index (χ3v) is 2.37. The van der Waals surface area contributed by atoms with E-state index in [1.54, 1.807) is 6.20 Å². The van der Waals surface area contributed by atoms with Crippen LogP contribution in [0, 0.1) is 0 Å². The van der Waals surface area contributed by atoms with Crippen LogP contribution in [0.4, 0.5) is 0 Å². The molecule has 0 fully saturated rings. The fourth-order valence-electron chi connectivity index (χ4n) is 1.71.